The highest BCUT2D eigenvalue weighted by molar-refractivity contribution is 7.09. The van der Waals surface area contributed by atoms with Crippen LogP contribution in [0.25, 0.3) is 0 Å². The summed E-state index contributed by atoms with van der Waals surface area (Å²) < 4.78 is 0. The zero-order valence-electron chi connectivity index (χ0n) is 10.6. The smallest absolute Gasteiger partial charge is 0.00452 e. The maximum Gasteiger partial charge on any atom is 0.00452 e. The minimum atomic E-state index is 0.415. The molecule has 2 N–H and O–H groups in total. The van der Waals surface area contributed by atoms with E-state index in [1.165, 1.54) is 43.4 Å². The molecule has 1 nitrogen and oxygen atoms in total. The van der Waals surface area contributed by atoms with E-state index >= 15 is 0 Å². The topological polar surface area (TPSA) is 26.0 Å². The molecule has 1 unspecified atom stereocenters. The maximum atomic E-state index is 6.10. The normalized spacial score (nSPS) is 13.2. The molecule has 0 aromatic carbocycles. The number of aryl methyl sites for hydroxylation is 1. The molecular formula is C14H25NS. The van der Waals surface area contributed by atoms with E-state index in [4.69, 9.17) is 5.73 Å². The fourth-order valence-corrected chi connectivity index (χ4v) is 2.68. The third-order valence-corrected chi connectivity index (χ3v) is 3.87. The lowest BCUT2D eigenvalue weighted by molar-refractivity contribution is 0.475. The van der Waals surface area contributed by atoms with Crippen LogP contribution in [0.15, 0.2) is 17.5 Å². The number of hydrogen-bond donors (Lipinski definition) is 1. The Morgan fingerprint density at radius 3 is 2.56 bits per heavy atom. The highest BCUT2D eigenvalue weighted by Crippen LogP contribution is 2.14. The SMILES string of the molecule is CC(C)CCCC(N)CCCc1cccs1. The van der Waals surface area contributed by atoms with Gasteiger partial charge in [-0.25, -0.2) is 0 Å². The summed E-state index contributed by atoms with van der Waals surface area (Å²) in [5.74, 6) is 0.818. The van der Waals surface area contributed by atoms with Crippen molar-refractivity contribution in [3.63, 3.8) is 0 Å². The van der Waals surface area contributed by atoms with Crippen molar-refractivity contribution in [3.8, 4) is 0 Å². The number of rotatable bonds is 8. The van der Waals surface area contributed by atoms with Crippen LogP contribution in [0, 0.1) is 5.92 Å². The van der Waals surface area contributed by atoms with Gasteiger partial charge in [-0.3, -0.25) is 0 Å². The van der Waals surface area contributed by atoms with E-state index in [0.717, 1.165) is 5.92 Å². The summed E-state index contributed by atoms with van der Waals surface area (Å²) >= 11 is 1.86. The van der Waals surface area contributed by atoms with Crippen molar-refractivity contribution in [2.75, 3.05) is 0 Å². The molecule has 0 radical (unpaired) electrons. The van der Waals surface area contributed by atoms with E-state index in [2.05, 4.69) is 31.4 Å². The quantitative estimate of drug-likeness (QED) is 0.722. The Hall–Kier alpha value is -0.340. The third kappa shape index (κ3) is 6.29. The molecule has 2 heteroatoms. The molecule has 0 amide bonds. The Bertz CT molecular complexity index is 254. The Morgan fingerprint density at radius 1 is 1.19 bits per heavy atom. The maximum absolute atomic E-state index is 6.10. The highest BCUT2D eigenvalue weighted by Gasteiger charge is 2.04. The van der Waals surface area contributed by atoms with Crippen LogP contribution in [0.2, 0.25) is 0 Å². The summed E-state index contributed by atoms with van der Waals surface area (Å²) in [5.41, 5.74) is 6.10. The van der Waals surface area contributed by atoms with Crippen LogP contribution in [-0.4, -0.2) is 6.04 Å². The van der Waals surface area contributed by atoms with E-state index < -0.39 is 0 Å². The van der Waals surface area contributed by atoms with Gasteiger partial charge in [-0.2, -0.15) is 0 Å². The molecule has 0 saturated heterocycles. The summed E-state index contributed by atoms with van der Waals surface area (Å²) in [6, 6.07) is 4.76. The highest BCUT2D eigenvalue weighted by atomic mass is 32.1. The molecule has 1 aromatic heterocycles. The Labute approximate surface area is 104 Å². The lowest BCUT2D eigenvalue weighted by atomic mass is 10.0. The first-order valence-corrected chi connectivity index (χ1v) is 7.34. The van der Waals surface area contributed by atoms with Gasteiger partial charge in [-0.1, -0.05) is 32.8 Å². The Kier molecular flexibility index (Phi) is 6.74. The third-order valence-electron chi connectivity index (χ3n) is 2.93. The standard InChI is InChI=1S/C14H25NS/c1-12(2)6-3-7-13(15)8-4-9-14-10-5-11-16-14/h5,10-13H,3-4,6-9,15H2,1-2H3. The van der Waals surface area contributed by atoms with Gasteiger partial charge in [-0.15, -0.1) is 11.3 Å². The van der Waals surface area contributed by atoms with E-state index in [9.17, 15) is 0 Å². The Balaban J connectivity index is 2.00. The molecule has 1 rings (SSSR count). The lowest BCUT2D eigenvalue weighted by Gasteiger charge is -2.11. The summed E-state index contributed by atoms with van der Waals surface area (Å²) in [4.78, 5) is 1.49. The van der Waals surface area contributed by atoms with Gasteiger partial charge in [0.2, 0.25) is 0 Å². The van der Waals surface area contributed by atoms with Gasteiger partial charge in [0.05, 0.1) is 0 Å². The van der Waals surface area contributed by atoms with Crippen LogP contribution in [0.3, 0.4) is 0 Å². The molecule has 1 atom stereocenters. The van der Waals surface area contributed by atoms with Gasteiger partial charge in [0, 0.05) is 10.9 Å². The van der Waals surface area contributed by atoms with Gasteiger partial charge in [0.1, 0.15) is 0 Å². The van der Waals surface area contributed by atoms with Crippen molar-refractivity contribution in [1.29, 1.82) is 0 Å². The fourth-order valence-electron chi connectivity index (χ4n) is 1.93. The van der Waals surface area contributed by atoms with Gasteiger partial charge in [0.15, 0.2) is 0 Å². The van der Waals surface area contributed by atoms with Crippen molar-refractivity contribution >= 4 is 11.3 Å². The van der Waals surface area contributed by atoms with Gasteiger partial charge >= 0.3 is 0 Å². The average molecular weight is 239 g/mol. The molecule has 0 spiro atoms. The molecule has 0 bridgehead atoms. The van der Waals surface area contributed by atoms with Gasteiger partial charge < -0.3 is 5.73 Å². The predicted molar refractivity (Wildman–Crippen MR) is 73.9 cm³/mol. The zero-order valence-corrected chi connectivity index (χ0v) is 11.4. The molecule has 0 aliphatic rings. The molecule has 0 aliphatic heterocycles. The van der Waals surface area contributed by atoms with E-state index in [1.807, 2.05) is 11.3 Å². The largest absolute Gasteiger partial charge is 0.328 e. The molecule has 0 fully saturated rings. The van der Waals surface area contributed by atoms with E-state index in [1.54, 1.807) is 0 Å². The second-order valence-corrected chi connectivity index (χ2v) is 6.09. The predicted octanol–water partition coefficient (Wildman–Crippen LogP) is 4.22. The first kappa shape index (κ1) is 13.7. The fraction of sp³-hybridized carbons (Fsp3) is 0.714. The molecule has 0 aliphatic carbocycles. The van der Waals surface area contributed by atoms with Crippen molar-refractivity contribution in [1.82, 2.24) is 0 Å². The van der Waals surface area contributed by atoms with Crippen LogP contribution < -0.4 is 5.73 Å². The van der Waals surface area contributed by atoms with E-state index in [0.29, 0.717) is 6.04 Å². The average Bonchev–Trinajstić information content (AvgIpc) is 2.70. The summed E-state index contributed by atoms with van der Waals surface area (Å²) in [5, 5.41) is 2.15. The van der Waals surface area contributed by atoms with Crippen molar-refractivity contribution < 1.29 is 0 Å². The first-order valence-electron chi connectivity index (χ1n) is 6.46. The molecule has 1 heterocycles. The van der Waals surface area contributed by atoms with E-state index in [-0.39, 0.29) is 0 Å². The minimum absolute atomic E-state index is 0.415. The van der Waals surface area contributed by atoms with Crippen molar-refractivity contribution in [3.05, 3.63) is 22.4 Å². The van der Waals surface area contributed by atoms with Crippen LogP contribution >= 0.6 is 11.3 Å². The number of hydrogen-bond acceptors (Lipinski definition) is 2. The molecule has 16 heavy (non-hydrogen) atoms. The Morgan fingerprint density at radius 2 is 1.94 bits per heavy atom. The van der Waals surface area contributed by atoms with Crippen LogP contribution in [0.5, 0.6) is 0 Å². The molecular weight excluding hydrogens is 214 g/mol. The summed E-state index contributed by atoms with van der Waals surface area (Å²) in [6.45, 7) is 4.56. The number of nitrogens with two attached hydrogens (primary N) is 1. The zero-order chi connectivity index (χ0) is 11.8. The van der Waals surface area contributed by atoms with Crippen LogP contribution in [-0.2, 0) is 6.42 Å². The van der Waals surface area contributed by atoms with Crippen LogP contribution in [0.1, 0.15) is 50.8 Å². The number of thiophene rings is 1. The lowest BCUT2D eigenvalue weighted by Crippen LogP contribution is -2.19. The molecule has 0 saturated carbocycles. The molecule has 1 aromatic rings. The van der Waals surface area contributed by atoms with Gasteiger partial charge in [0.25, 0.3) is 0 Å². The van der Waals surface area contributed by atoms with Gasteiger partial charge in [-0.05, 0) is 43.0 Å². The summed E-state index contributed by atoms with van der Waals surface area (Å²) in [7, 11) is 0. The monoisotopic (exact) mass is 239 g/mol. The minimum Gasteiger partial charge on any atom is -0.328 e. The molecule has 92 valence electrons. The van der Waals surface area contributed by atoms with Crippen molar-refractivity contribution in [2.24, 2.45) is 11.7 Å². The second-order valence-electron chi connectivity index (χ2n) is 5.06. The van der Waals surface area contributed by atoms with Crippen LogP contribution in [0.4, 0.5) is 0 Å². The van der Waals surface area contributed by atoms with Crippen molar-refractivity contribution in [2.45, 2.75) is 58.4 Å². The summed E-state index contributed by atoms with van der Waals surface area (Å²) in [6.07, 6.45) is 7.42. The second kappa shape index (κ2) is 7.86. The first-order chi connectivity index (χ1) is 7.68.